The van der Waals surface area contributed by atoms with Crippen molar-refractivity contribution in [2.24, 2.45) is 0 Å². The van der Waals surface area contributed by atoms with E-state index < -0.39 is 5.60 Å². The average Bonchev–Trinajstić information content (AvgIpc) is 2.56. The molecule has 0 aromatic carbocycles. The van der Waals surface area contributed by atoms with Gasteiger partial charge in [-0.2, -0.15) is 0 Å². The van der Waals surface area contributed by atoms with Gasteiger partial charge >= 0.3 is 0 Å². The van der Waals surface area contributed by atoms with E-state index in [0.29, 0.717) is 6.54 Å². The number of thiophene rings is 1. The molecule has 0 spiro atoms. The van der Waals surface area contributed by atoms with Gasteiger partial charge in [0, 0.05) is 11.4 Å². The fourth-order valence-electron chi connectivity index (χ4n) is 1.18. The van der Waals surface area contributed by atoms with Crippen molar-refractivity contribution in [2.75, 3.05) is 13.1 Å². The molecule has 74 valence electrons. The van der Waals surface area contributed by atoms with Gasteiger partial charge in [0.05, 0.1) is 0 Å². The van der Waals surface area contributed by atoms with Crippen LogP contribution in [-0.4, -0.2) is 18.2 Å². The summed E-state index contributed by atoms with van der Waals surface area (Å²) < 4.78 is 0. The van der Waals surface area contributed by atoms with Gasteiger partial charge in [-0.3, -0.25) is 0 Å². The zero-order valence-electron chi connectivity index (χ0n) is 8.21. The number of hydrogen-bond donors (Lipinski definition) is 2. The summed E-state index contributed by atoms with van der Waals surface area (Å²) in [5.74, 6) is 0. The number of hydrogen-bond acceptors (Lipinski definition) is 3. The van der Waals surface area contributed by atoms with E-state index in [4.69, 9.17) is 0 Å². The predicted molar refractivity (Wildman–Crippen MR) is 57.1 cm³/mol. The Morgan fingerprint density at radius 1 is 1.62 bits per heavy atom. The summed E-state index contributed by atoms with van der Waals surface area (Å²) in [7, 11) is 0. The van der Waals surface area contributed by atoms with Crippen LogP contribution in [0.1, 0.15) is 25.1 Å². The molecule has 2 N–H and O–H groups in total. The van der Waals surface area contributed by atoms with Crippen LogP contribution in [0.4, 0.5) is 0 Å². The third-order valence-corrected chi connectivity index (χ3v) is 3.07. The predicted octanol–water partition coefficient (Wildman–Crippen LogP) is 1.96. The van der Waals surface area contributed by atoms with Crippen molar-refractivity contribution >= 4 is 11.3 Å². The van der Waals surface area contributed by atoms with Gasteiger partial charge in [-0.25, -0.2) is 0 Å². The van der Waals surface area contributed by atoms with E-state index in [2.05, 4.69) is 12.2 Å². The maximum Gasteiger partial charge on any atom is 0.108 e. The SMILES string of the molecule is CCCNCC(C)(O)c1cccs1. The lowest BCUT2D eigenvalue weighted by Crippen LogP contribution is -2.35. The fraction of sp³-hybridized carbons (Fsp3) is 0.600. The summed E-state index contributed by atoms with van der Waals surface area (Å²) in [6.07, 6.45) is 1.10. The lowest BCUT2D eigenvalue weighted by atomic mass is 10.1. The molecule has 0 fully saturated rings. The van der Waals surface area contributed by atoms with Crippen molar-refractivity contribution in [3.8, 4) is 0 Å². The first-order valence-corrected chi connectivity index (χ1v) is 5.52. The Hall–Kier alpha value is -0.380. The molecular weight excluding hydrogens is 182 g/mol. The van der Waals surface area contributed by atoms with Crippen molar-refractivity contribution in [3.05, 3.63) is 22.4 Å². The monoisotopic (exact) mass is 199 g/mol. The maximum atomic E-state index is 10.0. The fourth-order valence-corrected chi connectivity index (χ4v) is 1.97. The molecule has 1 aromatic rings. The molecule has 0 aliphatic rings. The zero-order chi connectivity index (χ0) is 9.73. The van der Waals surface area contributed by atoms with Crippen molar-refractivity contribution in [1.29, 1.82) is 0 Å². The van der Waals surface area contributed by atoms with Crippen LogP contribution < -0.4 is 5.32 Å². The van der Waals surface area contributed by atoms with E-state index in [0.717, 1.165) is 17.8 Å². The number of aliphatic hydroxyl groups is 1. The van der Waals surface area contributed by atoms with Crippen LogP contribution in [-0.2, 0) is 5.60 Å². The van der Waals surface area contributed by atoms with Crippen LogP contribution in [0.2, 0.25) is 0 Å². The van der Waals surface area contributed by atoms with Crippen molar-refractivity contribution in [1.82, 2.24) is 5.32 Å². The third-order valence-electron chi connectivity index (χ3n) is 1.95. The molecule has 0 amide bonds. The van der Waals surface area contributed by atoms with Crippen molar-refractivity contribution < 1.29 is 5.11 Å². The average molecular weight is 199 g/mol. The minimum Gasteiger partial charge on any atom is -0.383 e. The third kappa shape index (κ3) is 3.10. The molecule has 0 aliphatic carbocycles. The van der Waals surface area contributed by atoms with Crippen LogP contribution >= 0.6 is 11.3 Å². The highest BCUT2D eigenvalue weighted by Gasteiger charge is 2.22. The minimum absolute atomic E-state index is 0.626. The molecule has 0 radical (unpaired) electrons. The molecule has 13 heavy (non-hydrogen) atoms. The molecule has 0 aliphatic heterocycles. The lowest BCUT2D eigenvalue weighted by Gasteiger charge is -2.22. The summed E-state index contributed by atoms with van der Waals surface area (Å²) in [5.41, 5.74) is -0.719. The van der Waals surface area contributed by atoms with E-state index in [1.54, 1.807) is 11.3 Å². The first-order valence-electron chi connectivity index (χ1n) is 4.64. The zero-order valence-corrected chi connectivity index (χ0v) is 9.03. The number of rotatable bonds is 5. The Labute approximate surface area is 83.6 Å². The highest BCUT2D eigenvalue weighted by molar-refractivity contribution is 7.10. The van der Waals surface area contributed by atoms with Gasteiger partial charge in [0.1, 0.15) is 5.60 Å². The molecule has 0 bridgehead atoms. The van der Waals surface area contributed by atoms with Crippen molar-refractivity contribution in [3.63, 3.8) is 0 Å². The molecule has 1 atom stereocenters. The van der Waals surface area contributed by atoms with Gasteiger partial charge < -0.3 is 10.4 Å². The Morgan fingerprint density at radius 3 is 2.92 bits per heavy atom. The minimum atomic E-state index is -0.719. The summed E-state index contributed by atoms with van der Waals surface area (Å²) in [5, 5.41) is 15.3. The Morgan fingerprint density at radius 2 is 2.38 bits per heavy atom. The van der Waals surface area contributed by atoms with E-state index in [1.165, 1.54) is 0 Å². The van der Waals surface area contributed by atoms with Crippen LogP contribution in [0, 0.1) is 0 Å². The first-order chi connectivity index (χ1) is 6.17. The van der Waals surface area contributed by atoms with Gasteiger partial charge in [-0.1, -0.05) is 13.0 Å². The van der Waals surface area contributed by atoms with Gasteiger partial charge in [0.2, 0.25) is 0 Å². The molecule has 1 rings (SSSR count). The maximum absolute atomic E-state index is 10.0. The Kier molecular flexibility index (Phi) is 3.90. The molecular formula is C10H17NOS. The molecule has 0 saturated heterocycles. The van der Waals surface area contributed by atoms with Gasteiger partial charge in [0.15, 0.2) is 0 Å². The molecule has 3 heteroatoms. The highest BCUT2D eigenvalue weighted by Crippen LogP contribution is 2.24. The summed E-state index contributed by atoms with van der Waals surface area (Å²) in [6, 6.07) is 3.94. The largest absolute Gasteiger partial charge is 0.383 e. The normalized spacial score (nSPS) is 15.6. The van der Waals surface area contributed by atoms with E-state index >= 15 is 0 Å². The summed E-state index contributed by atoms with van der Waals surface area (Å²) in [4.78, 5) is 1.02. The van der Waals surface area contributed by atoms with Gasteiger partial charge in [-0.15, -0.1) is 11.3 Å². The highest BCUT2D eigenvalue weighted by atomic mass is 32.1. The van der Waals surface area contributed by atoms with Crippen LogP contribution in [0.3, 0.4) is 0 Å². The summed E-state index contributed by atoms with van der Waals surface area (Å²) >= 11 is 1.60. The molecule has 1 unspecified atom stereocenters. The smallest absolute Gasteiger partial charge is 0.108 e. The quantitative estimate of drug-likeness (QED) is 0.710. The Bertz CT molecular complexity index is 231. The Balaban J connectivity index is 2.46. The first kappa shape index (κ1) is 10.7. The van der Waals surface area contributed by atoms with Gasteiger partial charge in [0.25, 0.3) is 0 Å². The number of nitrogens with one attached hydrogen (secondary N) is 1. The van der Waals surface area contributed by atoms with Crippen molar-refractivity contribution in [2.45, 2.75) is 25.9 Å². The second-order valence-corrected chi connectivity index (χ2v) is 4.38. The molecule has 0 saturated carbocycles. The molecule has 1 heterocycles. The van der Waals surface area contributed by atoms with E-state index in [-0.39, 0.29) is 0 Å². The lowest BCUT2D eigenvalue weighted by molar-refractivity contribution is 0.0610. The second-order valence-electron chi connectivity index (χ2n) is 3.43. The van der Waals surface area contributed by atoms with Crippen LogP contribution in [0.25, 0.3) is 0 Å². The topological polar surface area (TPSA) is 32.3 Å². The second kappa shape index (κ2) is 4.74. The molecule has 1 aromatic heterocycles. The van der Waals surface area contributed by atoms with Crippen LogP contribution in [0.5, 0.6) is 0 Å². The van der Waals surface area contributed by atoms with Gasteiger partial charge in [-0.05, 0) is 31.3 Å². The van der Waals surface area contributed by atoms with E-state index in [1.807, 2.05) is 24.4 Å². The van der Waals surface area contributed by atoms with Crippen LogP contribution in [0.15, 0.2) is 17.5 Å². The summed E-state index contributed by atoms with van der Waals surface area (Å²) in [6.45, 7) is 5.55. The van der Waals surface area contributed by atoms with E-state index in [9.17, 15) is 5.11 Å². The standard InChI is InChI=1S/C10H17NOS/c1-3-6-11-8-10(2,12)9-5-4-7-13-9/h4-5,7,11-12H,3,6,8H2,1-2H3. The molecule has 2 nitrogen and oxygen atoms in total.